The summed E-state index contributed by atoms with van der Waals surface area (Å²) in [5, 5.41) is 10.7. The van der Waals surface area contributed by atoms with Crippen LogP contribution < -0.4 is 0 Å². The van der Waals surface area contributed by atoms with Crippen molar-refractivity contribution in [3.8, 4) is 0 Å². The van der Waals surface area contributed by atoms with Crippen LogP contribution in [0.1, 0.15) is 23.7 Å². The lowest BCUT2D eigenvalue weighted by Gasteiger charge is -2.06. The van der Waals surface area contributed by atoms with E-state index in [9.17, 15) is 19.3 Å². The zero-order chi connectivity index (χ0) is 14.3. The van der Waals surface area contributed by atoms with E-state index in [1.807, 2.05) is 6.92 Å². The first kappa shape index (κ1) is 15.0. The summed E-state index contributed by atoms with van der Waals surface area (Å²) in [7, 11) is 0. The molecule has 19 heavy (non-hydrogen) atoms. The first-order valence-electron chi connectivity index (χ1n) is 5.75. The molecule has 0 saturated heterocycles. The van der Waals surface area contributed by atoms with Crippen LogP contribution in [0.4, 0.5) is 10.1 Å². The summed E-state index contributed by atoms with van der Waals surface area (Å²) in [5.74, 6) is -1.67. The van der Waals surface area contributed by atoms with E-state index >= 15 is 0 Å². The van der Waals surface area contributed by atoms with Crippen molar-refractivity contribution < 1.29 is 23.6 Å². The number of nitro benzene ring substituents is 1. The van der Waals surface area contributed by atoms with Gasteiger partial charge in [0, 0.05) is 12.7 Å². The highest BCUT2D eigenvalue weighted by Gasteiger charge is 2.22. The van der Waals surface area contributed by atoms with Crippen LogP contribution in [0.5, 0.6) is 0 Å². The molecule has 0 aromatic heterocycles. The molecule has 0 amide bonds. The fourth-order valence-corrected chi connectivity index (χ4v) is 1.35. The maximum Gasteiger partial charge on any atom is 0.345 e. The highest BCUT2D eigenvalue weighted by atomic mass is 19.1. The Morgan fingerprint density at radius 3 is 2.74 bits per heavy atom. The third kappa shape index (κ3) is 4.63. The molecule has 0 spiro atoms. The Morgan fingerprint density at radius 1 is 1.37 bits per heavy atom. The summed E-state index contributed by atoms with van der Waals surface area (Å²) < 4.78 is 22.9. The van der Waals surface area contributed by atoms with Crippen LogP contribution in [0.15, 0.2) is 18.2 Å². The molecule has 0 N–H and O–H groups in total. The van der Waals surface area contributed by atoms with E-state index < -0.39 is 28.0 Å². The lowest BCUT2D eigenvalue weighted by molar-refractivity contribution is -0.385. The minimum Gasteiger partial charge on any atom is -0.459 e. The van der Waals surface area contributed by atoms with Gasteiger partial charge >= 0.3 is 5.97 Å². The first-order valence-corrected chi connectivity index (χ1v) is 5.75. The molecular formula is C12H14FNO5. The molecule has 0 heterocycles. The van der Waals surface area contributed by atoms with Crippen molar-refractivity contribution in [2.24, 2.45) is 0 Å². The van der Waals surface area contributed by atoms with Crippen molar-refractivity contribution in [2.45, 2.75) is 13.3 Å². The second-order valence-corrected chi connectivity index (χ2v) is 3.67. The molecule has 0 fully saturated rings. The molecule has 0 aliphatic carbocycles. The second kappa shape index (κ2) is 7.42. The molecule has 0 saturated carbocycles. The fraction of sp³-hybridized carbons (Fsp3) is 0.417. The topological polar surface area (TPSA) is 78.7 Å². The van der Waals surface area contributed by atoms with Crippen LogP contribution in [0.2, 0.25) is 0 Å². The van der Waals surface area contributed by atoms with E-state index in [1.165, 1.54) is 0 Å². The second-order valence-electron chi connectivity index (χ2n) is 3.67. The van der Waals surface area contributed by atoms with Crippen molar-refractivity contribution in [3.05, 3.63) is 39.7 Å². The summed E-state index contributed by atoms with van der Waals surface area (Å²) in [6.07, 6.45) is 0.837. The Morgan fingerprint density at radius 2 is 2.11 bits per heavy atom. The number of hydrogen-bond acceptors (Lipinski definition) is 5. The SMILES string of the molecule is CCCOCCOC(=O)c1cc(F)ccc1[N+](=O)[O-]. The zero-order valence-corrected chi connectivity index (χ0v) is 10.4. The van der Waals surface area contributed by atoms with Gasteiger partial charge in [0.1, 0.15) is 18.0 Å². The maximum absolute atomic E-state index is 13.0. The van der Waals surface area contributed by atoms with E-state index in [2.05, 4.69) is 0 Å². The van der Waals surface area contributed by atoms with Gasteiger partial charge in [0.05, 0.1) is 11.5 Å². The molecule has 0 bridgehead atoms. The van der Waals surface area contributed by atoms with Crippen molar-refractivity contribution >= 4 is 11.7 Å². The largest absolute Gasteiger partial charge is 0.459 e. The maximum atomic E-state index is 13.0. The van der Waals surface area contributed by atoms with Crippen LogP contribution in [-0.4, -0.2) is 30.7 Å². The summed E-state index contributed by atoms with van der Waals surface area (Å²) >= 11 is 0. The molecule has 0 aliphatic rings. The number of nitrogens with zero attached hydrogens (tertiary/aromatic N) is 1. The number of nitro groups is 1. The summed E-state index contributed by atoms with van der Waals surface area (Å²) in [6.45, 7) is 2.63. The molecule has 6 nitrogen and oxygen atoms in total. The summed E-state index contributed by atoms with van der Waals surface area (Å²) in [6, 6.07) is 2.63. The van der Waals surface area contributed by atoms with Crippen LogP contribution in [-0.2, 0) is 9.47 Å². The molecule has 0 atom stereocenters. The number of hydrogen-bond donors (Lipinski definition) is 0. The molecule has 1 aromatic rings. The highest BCUT2D eigenvalue weighted by molar-refractivity contribution is 5.93. The lowest BCUT2D eigenvalue weighted by atomic mass is 10.2. The number of esters is 1. The van der Waals surface area contributed by atoms with Gasteiger partial charge in [-0.2, -0.15) is 0 Å². The minimum absolute atomic E-state index is 0.0352. The molecule has 0 aliphatic heterocycles. The van der Waals surface area contributed by atoms with Crippen LogP contribution in [0.25, 0.3) is 0 Å². The van der Waals surface area contributed by atoms with E-state index in [1.54, 1.807) is 0 Å². The predicted molar refractivity (Wildman–Crippen MR) is 64.4 cm³/mol. The number of benzene rings is 1. The van der Waals surface area contributed by atoms with Gasteiger partial charge in [-0.25, -0.2) is 9.18 Å². The average molecular weight is 271 g/mol. The first-order chi connectivity index (χ1) is 9.06. The Labute approximate surface area is 109 Å². The Bertz CT molecular complexity index is 463. The monoisotopic (exact) mass is 271 g/mol. The van der Waals surface area contributed by atoms with Gasteiger partial charge in [-0.3, -0.25) is 10.1 Å². The molecule has 0 radical (unpaired) electrons. The van der Waals surface area contributed by atoms with Crippen molar-refractivity contribution in [3.63, 3.8) is 0 Å². The molecule has 1 aromatic carbocycles. The number of carbonyl (C=O) groups is 1. The van der Waals surface area contributed by atoms with Crippen LogP contribution >= 0.6 is 0 Å². The zero-order valence-electron chi connectivity index (χ0n) is 10.4. The average Bonchev–Trinajstić information content (AvgIpc) is 2.37. The fourth-order valence-electron chi connectivity index (χ4n) is 1.35. The Balaban J connectivity index is 2.65. The van der Waals surface area contributed by atoms with E-state index in [0.717, 1.165) is 24.6 Å². The molecule has 7 heteroatoms. The number of carbonyl (C=O) groups excluding carboxylic acids is 1. The quantitative estimate of drug-likeness (QED) is 0.329. The van der Waals surface area contributed by atoms with Gasteiger partial charge in [-0.05, 0) is 18.6 Å². The summed E-state index contributed by atoms with van der Waals surface area (Å²) in [4.78, 5) is 21.5. The number of rotatable bonds is 7. The van der Waals surface area contributed by atoms with Gasteiger partial charge in [-0.15, -0.1) is 0 Å². The predicted octanol–water partition coefficient (Wildman–Crippen LogP) is 2.32. The van der Waals surface area contributed by atoms with Crippen molar-refractivity contribution in [1.29, 1.82) is 0 Å². The van der Waals surface area contributed by atoms with Crippen molar-refractivity contribution in [1.82, 2.24) is 0 Å². The van der Waals surface area contributed by atoms with Gasteiger partial charge in [0.15, 0.2) is 0 Å². The highest BCUT2D eigenvalue weighted by Crippen LogP contribution is 2.20. The lowest BCUT2D eigenvalue weighted by Crippen LogP contribution is -2.13. The van der Waals surface area contributed by atoms with Gasteiger partial charge in [-0.1, -0.05) is 6.92 Å². The standard InChI is InChI=1S/C12H14FNO5/c1-2-5-18-6-7-19-12(15)10-8-9(13)3-4-11(10)14(16)17/h3-4,8H,2,5-7H2,1H3. The molecule has 1 rings (SSSR count). The summed E-state index contributed by atoms with van der Waals surface area (Å²) in [5.41, 5.74) is -0.888. The number of halogens is 1. The van der Waals surface area contributed by atoms with Crippen LogP contribution in [0.3, 0.4) is 0 Å². The number of ether oxygens (including phenoxy) is 2. The normalized spacial score (nSPS) is 10.2. The Hall–Kier alpha value is -2.02. The van der Waals surface area contributed by atoms with E-state index in [4.69, 9.17) is 9.47 Å². The van der Waals surface area contributed by atoms with Crippen molar-refractivity contribution in [2.75, 3.05) is 19.8 Å². The minimum atomic E-state index is -0.939. The van der Waals surface area contributed by atoms with Crippen LogP contribution in [0, 0.1) is 15.9 Å². The molecule has 0 unspecified atom stereocenters. The van der Waals surface area contributed by atoms with Gasteiger partial charge in [0.2, 0.25) is 0 Å². The molecular weight excluding hydrogens is 257 g/mol. The van der Waals surface area contributed by atoms with E-state index in [-0.39, 0.29) is 13.2 Å². The third-order valence-electron chi connectivity index (χ3n) is 2.18. The van der Waals surface area contributed by atoms with Gasteiger partial charge < -0.3 is 9.47 Å². The third-order valence-corrected chi connectivity index (χ3v) is 2.18. The Kier molecular flexibility index (Phi) is 5.87. The molecule has 104 valence electrons. The smallest absolute Gasteiger partial charge is 0.345 e. The van der Waals surface area contributed by atoms with Gasteiger partial charge in [0.25, 0.3) is 5.69 Å². The van der Waals surface area contributed by atoms with E-state index in [0.29, 0.717) is 6.61 Å².